The molecule has 18 heavy (non-hydrogen) atoms. The highest BCUT2D eigenvalue weighted by Crippen LogP contribution is 2.29. The van der Waals surface area contributed by atoms with Gasteiger partial charge < -0.3 is 5.73 Å². The molecule has 0 aliphatic carbocycles. The molecule has 1 amide bonds. The molecule has 0 radical (unpaired) electrons. The van der Waals surface area contributed by atoms with Crippen LogP contribution in [0.4, 0.5) is 10.8 Å². The van der Waals surface area contributed by atoms with Crippen molar-refractivity contribution in [1.29, 1.82) is 0 Å². The lowest BCUT2D eigenvalue weighted by Gasteiger charge is -2.05. The average Bonchev–Trinajstić information content (AvgIpc) is 2.71. The first kappa shape index (κ1) is 13.1. The minimum absolute atomic E-state index is 0.232. The lowest BCUT2D eigenvalue weighted by atomic mass is 10.2. The van der Waals surface area contributed by atoms with Gasteiger partial charge in [-0.15, -0.1) is 0 Å². The van der Waals surface area contributed by atoms with Crippen LogP contribution in [0.2, 0.25) is 10.0 Å². The molecule has 0 aliphatic rings. The summed E-state index contributed by atoms with van der Waals surface area (Å²) in [6, 6.07) is 2.90. The van der Waals surface area contributed by atoms with Crippen molar-refractivity contribution in [3.63, 3.8) is 0 Å². The summed E-state index contributed by atoms with van der Waals surface area (Å²) in [6.45, 7) is 1.74. The number of carbonyl (C=O) groups is 1. The van der Waals surface area contributed by atoms with Crippen molar-refractivity contribution < 1.29 is 4.79 Å². The van der Waals surface area contributed by atoms with E-state index in [1.165, 1.54) is 12.1 Å². The standard InChI is InChI=1S/C10H8Cl2N4OS/c1-4-14-10(18-16-4)15-9(17)5-2-6(11)8(12)7(13)3-5/h2-3H,13H2,1H3,(H,14,15,16,17). The zero-order valence-corrected chi connectivity index (χ0v) is 11.5. The zero-order valence-electron chi connectivity index (χ0n) is 9.20. The van der Waals surface area contributed by atoms with Gasteiger partial charge in [-0.25, -0.2) is 4.98 Å². The van der Waals surface area contributed by atoms with Crippen LogP contribution in [-0.2, 0) is 0 Å². The van der Waals surface area contributed by atoms with E-state index >= 15 is 0 Å². The second-order valence-electron chi connectivity index (χ2n) is 3.46. The van der Waals surface area contributed by atoms with Gasteiger partial charge in [0.2, 0.25) is 5.13 Å². The van der Waals surface area contributed by atoms with E-state index in [0.717, 1.165) is 11.5 Å². The van der Waals surface area contributed by atoms with Crippen LogP contribution in [0.15, 0.2) is 12.1 Å². The smallest absolute Gasteiger partial charge is 0.257 e. The normalized spacial score (nSPS) is 10.4. The molecular weight excluding hydrogens is 295 g/mol. The molecule has 2 rings (SSSR count). The zero-order chi connectivity index (χ0) is 13.3. The molecule has 0 spiro atoms. The predicted octanol–water partition coefficient (Wildman–Crippen LogP) is 2.99. The largest absolute Gasteiger partial charge is 0.397 e. The maximum atomic E-state index is 11.9. The highest BCUT2D eigenvalue weighted by molar-refractivity contribution is 7.09. The summed E-state index contributed by atoms with van der Waals surface area (Å²) in [5, 5.41) is 3.49. The molecule has 1 aromatic heterocycles. The van der Waals surface area contributed by atoms with Crippen molar-refractivity contribution in [2.45, 2.75) is 6.92 Å². The number of carbonyl (C=O) groups excluding carboxylic acids is 1. The number of anilines is 2. The van der Waals surface area contributed by atoms with Gasteiger partial charge in [-0.1, -0.05) is 23.2 Å². The number of halogens is 2. The summed E-state index contributed by atoms with van der Waals surface area (Å²) in [7, 11) is 0. The third-order valence-corrected chi connectivity index (χ3v) is 3.61. The van der Waals surface area contributed by atoms with E-state index in [1.807, 2.05) is 0 Å². The van der Waals surface area contributed by atoms with E-state index in [0.29, 0.717) is 16.5 Å². The maximum Gasteiger partial charge on any atom is 0.257 e. The fourth-order valence-corrected chi connectivity index (χ4v) is 2.17. The third kappa shape index (κ3) is 2.72. The summed E-state index contributed by atoms with van der Waals surface area (Å²) < 4.78 is 3.96. The van der Waals surface area contributed by atoms with Crippen LogP contribution in [0.1, 0.15) is 16.2 Å². The second-order valence-corrected chi connectivity index (χ2v) is 5.00. The number of aryl methyl sites for hydroxylation is 1. The van der Waals surface area contributed by atoms with Crippen molar-refractivity contribution in [3.05, 3.63) is 33.6 Å². The summed E-state index contributed by atoms with van der Waals surface area (Å²) in [5.41, 5.74) is 6.20. The Hall–Kier alpha value is -1.37. The van der Waals surface area contributed by atoms with E-state index in [9.17, 15) is 4.79 Å². The van der Waals surface area contributed by atoms with Gasteiger partial charge in [0.15, 0.2) is 0 Å². The highest BCUT2D eigenvalue weighted by atomic mass is 35.5. The SMILES string of the molecule is Cc1nsc(NC(=O)c2cc(N)c(Cl)c(Cl)c2)n1. The number of nitrogens with two attached hydrogens (primary N) is 1. The lowest BCUT2D eigenvalue weighted by molar-refractivity contribution is 0.102. The van der Waals surface area contributed by atoms with Crippen LogP contribution in [0.25, 0.3) is 0 Å². The van der Waals surface area contributed by atoms with E-state index < -0.39 is 0 Å². The molecular formula is C10H8Cl2N4OS. The minimum Gasteiger partial charge on any atom is -0.397 e. The van der Waals surface area contributed by atoms with Gasteiger partial charge in [0.05, 0.1) is 15.7 Å². The first-order valence-electron chi connectivity index (χ1n) is 4.83. The summed E-state index contributed by atoms with van der Waals surface area (Å²) in [5.74, 6) is 0.236. The first-order valence-corrected chi connectivity index (χ1v) is 6.36. The lowest BCUT2D eigenvalue weighted by Crippen LogP contribution is -2.12. The topological polar surface area (TPSA) is 80.9 Å². The number of amides is 1. The van der Waals surface area contributed by atoms with Gasteiger partial charge >= 0.3 is 0 Å². The molecule has 3 N–H and O–H groups in total. The number of nitrogens with zero attached hydrogens (tertiary/aromatic N) is 2. The van der Waals surface area contributed by atoms with E-state index in [1.54, 1.807) is 6.92 Å². The quantitative estimate of drug-likeness (QED) is 0.836. The van der Waals surface area contributed by atoms with Crippen molar-refractivity contribution in [1.82, 2.24) is 9.36 Å². The molecule has 8 heteroatoms. The van der Waals surface area contributed by atoms with E-state index in [-0.39, 0.29) is 21.6 Å². The van der Waals surface area contributed by atoms with Crippen molar-refractivity contribution in [3.8, 4) is 0 Å². The number of nitrogens with one attached hydrogen (secondary N) is 1. The van der Waals surface area contributed by atoms with Crippen molar-refractivity contribution in [2.75, 3.05) is 11.1 Å². The maximum absolute atomic E-state index is 11.9. The Kier molecular flexibility index (Phi) is 3.70. The molecule has 0 fully saturated rings. The molecule has 2 aromatic rings. The van der Waals surface area contributed by atoms with E-state index in [2.05, 4.69) is 14.7 Å². The van der Waals surface area contributed by atoms with Crippen LogP contribution in [-0.4, -0.2) is 15.3 Å². The summed E-state index contributed by atoms with van der Waals surface area (Å²) >= 11 is 12.8. The molecule has 0 unspecified atom stereocenters. The Morgan fingerprint density at radius 3 is 2.72 bits per heavy atom. The molecule has 0 saturated carbocycles. The Balaban J connectivity index is 2.24. The van der Waals surface area contributed by atoms with Gasteiger partial charge in [0, 0.05) is 17.1 Å². The molecule has 94 valence electrons. The van der Waals surface area contributed by atoms with Crippen LogP contribution in [0.3, 0.4) is 0 Å². The van der Waals surface area contributed by atoms with Gasteiger partial charge in [-0.2, -0.15) is 4.37 Å². The van der Waals surface area contributed by atoms with Crippen LogP contribution < -0.4 is 11.1 Å². The van der Waals surface area contributed by atoms with Gasteiger partial charge in [0.25, 0.3) is 5.91 Å². The highest BCUT2D eigenvalue weighted by Gasteiger charge is 2.13. The monoisotopic (exact) mass is 302 g/mol. The van der Waals surface area contributed by atoms with Crippen LogP contribution >= 0.6 is 34.7 Å². The fourth-order valence-electron chi connectivity index (χ4n) is 1.26. The second kappa shape index (κ2) is 5.09. The molecule has 1 aromatic carbocycles. The van der Waals surface area contributed by atoms with Gasteiger partial charge in [-0.3, -0.25) is 10.1 Å². The molecule has 0 aliphatic heterocycles. The van der Waals surface area contributed by atoms with Gasteiger partial charge in [-0.05, 0) is 19.1 Å². The fraction of sp³-hybridized carbons (Fsp3) is 0.100. The Morgan fingerprint density at radius 1 is 1.44 bits per heavy atom. The van der Waals surface area contributed by atoms with Crippen molar-refractivity contribution >= 4 is 51.5 Å². The Morgan fingerprint density at radius 2 is 2.17 bits per heavy atom. The Bertz CT molecular complexity index is 591. The van der Waals surface area contributed by atoms with Crippen molar-refractivity contribution in [2.24, 2.45) is 0 Å². The number of nitrogen functional groups attached to an aromatic ring is 1. The first-order chi connectivity index (χ1) is 8.47. The number of benzene rings is 1. The Labute approximate surface area is 117 Å². The van der Waals surface area contributed by atoms with Gasteiger partial charge in [0.1, 0.15) is 5.82 Å². The molecule has 0 saturated heterocycles. The molecule has 0 bridgehead atoms. The summed E-state index contributed by atoms with van der Waals surface area (Å²) in [4.78, 5) is 15.9. The number of aromatic nitrogens is 2. The average molecular weight is 303 g/mol. The molecule has 0 atom stereocenters. The van der Waals surface area contributed by atoms with E-state index in [4.69, 9.17) is 28.9 Å². The summed E-state index contributed by atoms with van der Waals surface area (Å²) in [6.07, 6.45) is 0. The predicted molar refractivity (Wildman–Crippen MR) is 73.5 cm³/mol. The number of rotatable bonds is 2. The molecule has 1 heterocycles. The number of hydrogen-bond acceptors (Lipinski definition) is 5. The van der Waals surface area contributed by atoms with Crippen LogP contribution in [0, 0.1) is 6.92 Å². The minimum atomic E-state index is -0.364. The third-order valence-electron chi connectivity index (χ3n) is 2.07. The van der Waals surface area contributed by atoms with Crippen LogP contribution in [0.5, 0.6) is 0 Å². The molecule has 5 nitrogen and oxygen atoms in total. The number of hydrogen-bond donors (Lipinski definition) is 2.